The molecule has 1 aromatic rings. The number of thiazole rings is 1. The third-order valence-corrected chi connectivity index (χ3v) is 4.18. The lowest BCUT2D eigenvalue weighted by Crippen LogP contribution is -2.33. The molecule has 0 aliphatic carbocycles. The van der Waals surface area contributed by atoms with Crippen LogP contribution in [0.2, 0.25) is 0 Å². The summed E-state index contributed by atoms with van der Waals surface area (Å²) >= 11 is 1.73. The lowest BCUT2D eigenvalue weighted by molar-refractivity contribution is 0.0318. The van der Waals surface area contributed by atoms with E-state index in [1.165, 1.54) is 5.69 Å². The van der Waals surface area contributed by atoms with Gasteiger partial charge < -0.3 is 15.4 Å². The fraction of sp³-hybridized carbons (Fsp3) is 0.786. The summed E-state index contributed by atoms with van der Waals surface area (Å²) in [5.41, 5.74) is 1.21. The van der Waals surface area contributed by atoms with Crippen LogP contribution in [0.5, 0.6) is 0 Å². The largest absolute Gasteiger partial charge is 0.378 e. The van der Waals surface area contributed by atoms with E-state index in [9.17, 15) is 0 Å². The minimum Gasteiger partial charge on any atom is -0.378 e. The van der Waals surface area contributed by atoms with Gasteiger partial charge in [-0.15, -0.1) is 11.3 Å². The van der Waals surface area contributed by atoms with E-state index in [0.29, 0.717) is 6.10 Å². The van der Waals surface area contributed by atoms with Gasteiger partial charge in [0.1, 0.15) is 0 Å². The molecular formula is C14H25N3OS. The zero-order valence-corrected chi connectivity index (χ0v) is 12.6. The number of hydrogen-bond acceptors (Lipinski definition) is 5. The topological polar surface area (TPSA) is 46.2 Å². The molecule has 1 aromatic heterocycles. The second kappa shape index (κ2) is 8.64. The number of piperidine rings is 1. The van der Waals surface area contributed by atoms with E-state index in [1.54, 1.807) is 11.3 Å². The zero-order chi connectivity index (χ0) is 13.3. The summed E-state index contributed by atoms with van der Waals surface area (Å²) in [5, 5.41) is 10.1. The van der Waals surface area contributed by atoms with Crippen molar-refractivity contribution in [2.45, 2.75) is 38.7 Å². The highest BCUT2D eigenvalue weighted by Crippen LogP contribution is 2.08. The van der Waals surface area contributed by atoms with Crippen LogP contribution in [0.1, 0.15) is 30.0 Å². The highest BCUT2D eigenvalue weighted by molar-refractivity contribution is 7.09. The van der Waals surface area contributed by atoms with Gasteiger partial charge in [-0.1, -0.05) is 0 Å². The normalized spacial score (nSPS) is 16.9. The molecule has 2 rings (SSSR count). The predicted octanol–water partition coefficient (Wildman–Crippen LogP) is 1.74. The predicted molar refractivity (Wildman–Crippen MR) is 79.9 cm³/mol. The summed E-state index contributed by atoms with van der Waals surface area (Å²) in [5.74, 6) is 0. The van der Waals surface area contributed by atoms with Gasteiger partial charge in [0.25, 0.3) is 0 Å². The molecule has 0 spiro atoms. The van der Waals surface area contributed by atoms with E-state index < -0.39 is 0 Å². The van der Waals surface area contributed by atoms with E-state index >= 15 is 0 Å². The Labute approximate surface area is 120 Å². The molecule has 108 valence electrons. The summed E-state index contributed by atoms with van der Waals surface area (Å²) in [4.78, 5) is 4.45. The van der Waals surface area contributed by atoms with Crippen LogP contribution in [0, 0.1) is 6.92 Å². The van der Waals surface area contributed by atoms with Gasteiger partial charge in [-0.25, -0.2) is 4.98 Å². The van der Waals surface area contributed by atoms with E-state index in [0.717, 1.165) is 63.5 Å². The first-order chi connectivity index (χ1) is 9.34. The summed E-state index contributed by atoms with van der Waals surface area (Å²) in [6.07, 6.45) is 4.94. The molecule has 0 aromatic carbocycles. The Balaban J connectivity index is 1.42. The number of rotatable bonds is 8. The number of ether oxygens (including phenoxy) is 1. The Bertz CT molecular complexity index is 350. The second-order valence-electron chi connectivity index (χ2n) is 5.03. The van der Waals surface area contributed by atoms with Crippen molar-refractivity contribution >= 4 is 11.3 Å². The van der Waals surface area contributed by atoms with Crippen LogP contribution in [-0.4, -0.2) is 43.9 Å². The number of aromatic nitrogens is 1. The van der Waals surface area contributed by atoms with Crippen LogP contribution >= 0.6 is 11.3 Å². The van der Waals surface area contributed by atoms with Gasteiger partial charge >= 0.3 is 0 Å². The first kappa shape index (κ1) is 14.9. The van der Waals surface area contributed by atoms with Crippen LogP contribution in [-0.2, 0) is 11.2 Å². The van der Waals surface area contributed by atoms with Gasteiger partial charge in [0, 0.05) is 25.0 Å². The maximum absolute atomic E-state index is 5.86. The van der Waals surface area contributed by atoms with Gasteiger partial charge in [0.15, 0.2) is 0 Å². The number of hydrogen-bond donors (Lipinski definition) is 2. The van der Waals surface area contributed by atoms with E-state index in [2.05, 4.69) is 27.9 Å². The Morgan fingerprint density at radius 2 is 2.26 bits per heavy atom. The average molecular weight is 283 g/mol. The SMILES string of the molecule is Cc1nc(CCNCCCOC2CCNCC2)cs1. The first-order valence-electron chi connectivity index (χ1n) is 7.28. The van der Waals surface area contributed by atoms with Crippen molar-refractivity contribution in [1.82, 2.24) is 15.6 Å². The van der Waals surface area contributed by atoms with Gasteiger partial charge in [-0.2, -0.15) is 0 Å². The molecule has 5 heteroatoms. The summed E-state index contributed by atoms with van der Waals surface area (Å²) in [6.45, 7) is 7.20. The minimum absolute atomic E-state index is 0.485. The molecule has 2 heterocycles. The Kier molecular flexibility index (Phi) is 6.78. The molecule has 0 radical (unpaired) electrons. The quantitative estimate of drug-likeness (QED) is 0.714. The molecule has 4 nitrogen and oxygen atoms in total. The Hall–Kier alpha value is -0.490. The second-order valence-corrected chi connectivity index (χ2v) is 6.09. The third-order valence-electron chi connectivity index (χ3n) is 3.36. The highest BCUT2D eigenvalue weighted by atomic mass is 32.1. The molecule has 2 N–H and O–H groups in total. The summed E-state index contributed by atoms with van der Waals surface area (Å²) < 4.78 is 5.86. The van der Waals surface area contributed by atoms with Crippen molar-refractivity contribution in [3.8, 4) is 0 Å². The zero-order valence-electron chi connectivity index (χ0n) is 11.8. The van der Waals surface area contributed by atoms with Crippen LogP contribution in [0.15, 0.2) is 5.38 Å². The molecule has 0 atom stereocenters. The van der Waals surface area contributed by atoms with Crippen LogP contribution < -0.4 is 10.6 Å². The van der Waals surface area contributed by atoms with Crippen LogP contribution in [0.4, 0.5) is 0 Å². The first-order valence-corrected chi connectivity index (χ1v) is 8.16. The standard InChI is InChI=1S/C14H25N3OS/c1-12-17-13(11-19-12)3-7-15-6-2-10-18-14-4-8-16-9-5-14/h11,14-16H,2-10H2,1H3. The summed E-state index contributed by atoms with van der Waals surface area (Å²) in [6, 6.07) is 0. The van der Waals surface area contributed by atoms with Gasteiger partial charge in [-0.05, 0) is 45.8 Å². The van der Waals surface area contributed by atoms with Gasteiger partial charge in [-0.3, -0.25) is 0 Å². The molecular weight excluding hydrogens is 258 g/mol. The molecule has 0 unspecified atom stereocenters. The smallest absolute Gasteiger partial charge is 0.0897 e. The van der Waals surface area contributed by atoms with Crippen molar-refractivity contribution in [2.75, 3.05) is 32.8 Å². The van der Waals surface area contributed by atoms with Crippen molar-refractivity contribution in [3.63, 3.8) is 0 Å². The molecule has 1 aliphatic rings. The van der Waals surface area contributed by atoms with Gasteiger partial charge in [0.2, 0.25) is 0 Å². The van der Waals surface area contributed by atoms with Crippen LogP contribution in [0.25, 0.3) is 0 Å². The molecule has 1 aliphatic heterocycles. The molecule has 0 amide bonds. The minimum atomic E-state index is 0.485. The van der Waals surface area contributed by atoms with E-state index in [4.69, 9.17) is 4.74 Å². The van der Waals surface area contributed by atoms with Gasteiger partial charge in [0.05, 0.1) is 16.8 Å². The maximum atomic E-state index is 5.86. The Morgan fingerprint density at radius 3 is 3.00 bits per heavy atom. The molecule has 19 heavy (non-hydrogen) atoms. The van der Waals surface area contributed by atoms with Crippen LogP contribution in [0.3, 0.4) is 0 Å². The fourth-order valence-electron chi connectivity index (χ4n) is 2.27. The number of nitrogens with one attached hydrogen (secondary N) is 2. The molecule has 0 bridgehead atoms. The molecule has 1 fully saturated rings. The lowest BCUT2D eigenvalue weighted by atomic mass is 10.1. The lowest BCUT2D eigenvalue weighted by Gasteiger charge is -2.22. The number of aryl methyl sites for hydroxylation is 1. The maximum Gasteiger partial charge on any atom is 0.0897 e. The molecule has 1 saturated heterocycles. The van der Waals surface area contributed by atoms with Crippen molar-refractivity contribution in [2.24, 2.45) is 0 Å². The monoisotopic (exact) mass is 283 g/mol. The van der Waals surface area contributed by atoms with Crippen molar-refractivity contribution in [3.05, 3.63) is 16.1 Å². The Morgan fingerprint density at radius 1 is 1.42 bits per heavy atom. The van der Waals surface area contributed by atoms with E-state index in [1.807, 2.05) is 0 Å². The number of nitrogens with zero attached hydrogens (tertiary/aromatic N) is 1. The fourth-order valence-corrected chi connectivity index (χ4v) is 2.92. The van der Waals surface area contributed by atoms with Crippen molar-refractivity contribution < 1.29 is 4.74 Å². The van der Waals surface area contributed by atoms with E-state index in [-0.39, 0.29) is 0 Å². The highest BCUT2D eigenvalue weighted by Gasteiger charge is 2.12. The summed E-state index contributed by atoms with van der Waals surface area (Å²) in [7, 11) is 0. The molecule has 0 saturated carbocycles. The third kappa shape index (κ3) is 5.99. The van der Waals surface area contributed by atoms with Crippen molar-refractivity contribution in [1.29, 1.82) is 0 Å². The average Bonchev–Trinajstić information content (AvgIpc) is 2.85.